The molecule has 0 aliphatic rings. The lowest BCUT2D eigenvalue weighted by Crippen LogP contribution is -2.25. The van der Waals surface area contributed by atoms with Gasteiger partial charge in [-0.15, -0.1) is 0 Å². The van der Waals surface area contributed by atoms with Crippen molar-refractivity contribution < 1.29 is 8.42 Å². The SMILES string of the molecule is C=C(Cl)CNS(=O)(=O)c1cc(C#N)ccc1C. The molecule has 0 amide bonds. The second-order valence-electron chi connectivity index (χ2n) is 3.43. The van der Waals surface area contributed by atoms with Gasteiger partial charge in [-0.1, -0.05) is 24.2 Å². The molecule has 1 rings (SSSR count). The molecule has 6 heteroatoms. The average Bonchev–Trinajstić information content (AvgIpc) is 2.27. The highest BCUT2D eigenvalue weighted by molar-refractivity contribution is 7.89. The Morgan fingerprint density at radius 3 is 2.76 bits per heavy atom. The number of aryl methyl sites for hydroxylation is 1. The Balaban J connectivity index is 3.15. The van der Waals surface area contributed by atoms with Gasteiger partial charge < -0.3 is 0 Å². The minimum absolute atomic E-state index is 0.0416. The van der Waals surface area contributed by atoms with Crippen molar-refractivity contribution in [3.05, 3.63) is 40.9 Å². The number of hydrogen-bond acceptors (Lipinski definition) is 3. The lowest BCUT2D eigenvalue weighted by Gasteiger charge is -2.08. The standard InChI is InChI=1S/C11H11ClN2O2S/c1-8-3-4-10(6-13)5-11(8)17(15,16)14-7-9(2)12/h3-5,14H,2,7H2,1H3. The summed E-state index contributed by atoms with van der Waals surface area (Å²) in [7, 11) is -3.66. The molecule has 0 spiro atoms. The number of rotatable bonds is 4. The van der Waals surface area contributed by atoms with Crippen LogP contribution in [0.2, 0.25) is 0 Å². The molecule has 0 aliphatic heterocycles. The van der Waals surface area contributed by atoms with Gasteiger partial charge in [0.15, 0.2) is 0 Å². The first-order valence-electron chi connectivity index (χ1n) is 4.70. The fourth-order valence-electron chi connectivity index (χ4n) is 1.21. The number of benzene rings is 1. The lowest BCUT2D eigenvalue weighted by atomic mass is 10.2. The largest absolute Gasteiger partial charge is 0.241 e. The van der Waals surface area contributed by atoms with Crippen LogP contribution in [0.15, 0.2) is 34.7 Å². The summed E-state index contributed by atoms with van der Waals surface area (Å²) in [6.45, 7) is 5.01. The van der Waals surface area contributed by atoms with Crippen LogP contribution >= 0.6 is 11.6 Å². The van der Waals surface area contributed by atoms with Crippen molar-refractivity contribution in [2.45, 2.75) is 11.8 Å². The summed E-state index contributed by atoms with van der Waals surface area (Å²) in [5, 5.41) is 8.93. The van der Waals surface area contributed by atoms with Crippen molar-refractivity contribution >= 4 is 21.6 Å². The molecule has 0 fully saturated rings. The maximum atomic E-state index is 11.9. The van der Waals surface area contributed by atoms with E-state index in [-0.39, 0.29) is 16.5 Å². The van der Waals surface area contributed by atoms with Gasteiger partial charge in [-0.25, -0.2) is 13.1 Å². The summed E-state index contributed by atoms with van der Waals surface area (Å²) in [4.78, 5) is 0.0782. The third kappa shape index (κ3) is 3.56. The Morgan fingerprint density at radius 2 is 2.24 bits per heavy atom. The summed E-state index contributed by atoms with van der Waals surface area (Å²) >= 11 is 5.50. The lowest BCUT2D eigenvalue weighted by molar-refractivity contribution is 0.584. The van der Waals surface area contributed by atoms with Gasteiger partial charge in [0.25, 0.3) is 0 Å². The van der Waals surface area contributed by atoms with Crippen LogP contribution in [0.3, 0.4) is 0 Å². The van der Waals surface area contributed by atoms with E-state index >= 15 is 0 Å². The number of nitrogens with one attached hydrogen (secondary N) is 1. The molecule has 0 aliphatic carbocycles. The van der Waals surface area contributed by atoms with Gasteiger partial charge >= 0.3 is 0 Å². The molecule has 0 saturated heterocycles. The predicted octanol–water partition coefficient (Wildman–Crippen LogP) is 1.90. The molecule has 1 aromatic rings. The van der Waals surface area contributed by atoms with E-state index in [4.69, 9.17) is 16.9 Å². The van der Waals surface area contributed by atoms with E-state index in [0.717, 1.165) is 0 Å². The topological polar surface area (TPSA) is 70.0 Å². The molecule has 90 valence electrons. The second kappa shape index (κ2) is 5.32. The zero-order valence-electron chi connectivity index (χ0n) is 9.20. The minimum Gasteiger partial charge on any atom is -0.207 e. The molecular weight excluding hydrogens is 260 g/mol. The van der Waals surface area contributed by atoms with E-state index in [1.165, 1.54) is 6.07 Å². The van der Waals surface area contributed by atoms with Crippen LogP contribution in [-0.4, -0.2) is 15.0 Å². The third-order valence-corrected chi connectivity index (χ3v) is 3.74. The van der Waals surface area contributed by atoms with Crippen molar-refractivity contribution in [3.63, 3.8) is 0 Å². The van der Waals surface area contributed by atoms with Gasteiger partial charge in [0.05, 0.1) is 16.5 Å². The van der Waals surface area contributed by atoms with E-state index in [9.17, 15) is 8.42 Å². The first kappa shape index (κ1) is 13.7. The van der Waals surface area contributed by atoms with Crippen LogP contribution in [0.5, 0.6) is 0 Å². The fraction of sp³-hybridized carbons (Fsp3) is 0.182. The Kier molecular flexibility index (Phi) is 4.29. The minimum atomic E-state index is -3.66. The summed E-state index contributed by atoms with van der Waals surface area (Å²) < 4.78 is 26.1. The number of nitriles is 1. The highest BCUT2D eigenvalue weighted by atomic mass is 35.5. The van der Waals surface area contributed by atoms with Crippen LogP contribution in [0.25, 0.3) is 0 Å². The second-order valence-corrected chi connectivity index (χ2v) is 5.70. The molecule has 1 N–H and O–H groups in total. The maximum absolute atomic E-state index is 11.9. The number of hydrogen-bond donors (Lipinski definition) is 1. The Labute approximate surface area is 106 Å². The molecular formula is C11H11ClN2O2S. The van der Waals surface area contributed by atoms with Gasteiger partial charge in [-0.2, -0.15) is 5.26 Å². The van der Waals surface area contributed by atoms with Gasteiger partial charge in [-0.05, 0) is 24.6 Å². The zero-order chi connectivity index (χ0) is 13.1. The van der Waals surface area contributed by atoms with Crippen LogP contribution in [0, 0.1) is 18.3 Å². The highest BCUT2D eigenvalue weighted by Crippen LogP contribution is 2.16. The summed E-state index contributed by atoms with van der Waals surface area (Å²) in [6.07, 6.45) is 0. The van der Waals surface area contributed by atoms with Crippen LogP contribution in [0.4, 0.5) is 0 Å². The van der Waals surface area contributed by atoms with E-state index in [1.54, 1.807) is 19.1 Å². The normalized spacial score (nSPS) is 10.9. The first-order valence-corrected chi connectivity index (χ1v) is 6.56. The Morgan fingerprint density at radius 1 is 1.59 bits per heavy atom. The fourth-order valence-corrected chi connectivity index (χ4v) is 2.65. The molecule has 0 radical (unpaired) electrons. The van der Waals surface area contributed by atoms with Crippen molar-refractivity contribution in [1.82, 2.24) is 4.72 Å². The monoisotopic (exact) mass is 270 g/mol. The van der Waals surface area contributed by atoms with Gasteiger partial charge in [-0.3, -0.25) is 0 Å². The zero-order valence-corrected chi connectivity index (χ0v) is 10.8. The van der Waals surface area contributed by atoms with E-state index in [2.05, 4.69) is 11.3 Å². The van der Waals surface area contributed by atoms with Crippen molar-refractivity contribution in [1.29, 1.82) is 5.26 Å². The van der Waals surface area contributed by atoms with Crippen molar-refractivity contribution in [2.24, 2.45) is 0 Å². The Hall–Kier alpha value is -1.35. The van der Waals surface area contributed by atoms with E-state index < -0.39 is 10.0 Å². The van der Waals surface area contributed by atoms with Crippen LogP contribution < -0.4 is 4.72 Å². The van der Waals surface area contributed by atoms with E-state index in [0.29, 0.717) is 11.1 Å². The van der Waals surface area contributed by atoms with Crippen LogP contribution in [-0.2, 0) is 10.0 Å². The number of halogens is 1. The molecule has 0 unspecified atom stereocenters. The molecule has 0 saturated carbocycles. The predicted molar refractivity (Wildman–Crippen MR) is 66.1 cm³/mol. The number of sulfonamides is 1. The molecule has 17 heavy (non-hydrogen) atoms. The van der Waals surface area contributed by atoms with Crippen molar-refractivity contribution in [3.8, 4) is 6.07 Å². The summed E-state index contributed by atoms with van der Waals surface area (Å²) in [5.74, 6) is 0. The molecule has 0 bridgehead atoms. The molecule has 1 aromatic carbocycles. The van der Waals surface area contributed by atoms with Crippen molar-refractivity contribution in [2.75, 3.05) is 6.54 Å². The average molecular weight is 271 g/mol. The van der Waals surface area contributed by atoms with Gasteiger partial charge in [0, 0.05) is 11.6 Å². The molecule has 0 atom stereocenters. The third-order valence-electron chi connectivity index (χ3n) is 2.06. The molecule has 0 heterocycles. The van der Waals surface area contributed by atoms with Crippen LogP contribution in [0.1, 0.15) is 11.1 Å². The van der Waals surface area contributed by atoms with Gasteiger partial charge in [0.1, 0.15) is 0 Å². The molecule has 4 nitrogen and oxygen atoms in total. The van der Waals surface area contributed by atoms with Gasteiger partial charge in [0.2, 0.25) is 10.0 Å². The van der Waals surface area contributed by atoms with E-state index in [1.807, 2.05) is 6.07 Å². The number of nitrogens with zero attached hydrogens (tertiary/aromatic N) is 1. The highest BCUT2D eigenvalue weighted by Gasteiger charge is 2.17. The quantitative estimate of drug-likeness (QED) is 0.908. The maximum Gasteiger partial charge on any atom is 0.241 e. The Bertz CT molecular complexity index is 588. The first-order chi connectivity index (χ1) is 7.86. The smallest absolute Gasteiger partial charge is 0.207 e. The summed E-state index contributed by atoms with van der Waals surface area (Å²) in [5.41, 5.74) is 0.859. The molecule has 0 aromatic heterocycles. The summed E-state index contributed by atoms with van der Waals surface area (Å²) in [6, 6.07) is 6.37.